The van der Waals surface area contributed by atoms with Crippen LogP contribution in [0.4, 0.5) is 0 Å². The number of nitriles is 1. The smallest absolute Gasteiger partial charge is 0.319 e. The van der Waals surface area contributed by atoms with Gasteiger partial charge in [-0.15, -0.1) is 23.5 Å². The zero-order valence-electron chi connectivity index (χ0n) is 19.4. The number of thioether (sulfide) groups is 3. The largest absolute Gasteiger partial charge is 0.465 e. The first kappa shape index (κ1) is 31.7. The number of ether oxygens (including phenoxy) is 2. The average Bonchev–Trinajstić information content (AvgIpc) is 2.74. The minimum Gasteiger partial charge on any atom is -0.465 e. The maximum Gasteiger partial charge on any atom is 0.319 e. The summed E-state index contributed by atoms with van der Waals surface area (Å²) in [6.45, 7) is 8.26. The molecule has 0 bridgehead atoms. The highest BCUT2D eigenvalue weighted by atomic mass is 32.2. The van der Waals surface area contributed by atoms with Crippen molar-refractivity contribution < 1.29 is 19.1 Å². The molecule has 0 aromatic heterocycles. The van der Waals surface area contributed by atoms with Crippen LogP contribution in [0, 0.1) is 16.7 Å². The molecule has 0 saturated carbocycles. The van der Waals surface area contributed by atoms with E-state index < -0.39 is 10.7 Å². The quantitative estimate of drug-likeness (QED) is 0.115. The molecule has 0 radical (unpaired) electrons. The lowest BCUT2D eigenvalue weighted by Gasteiger charge is -2.22. The Kier molecular flexibility index (Phi) is 18.8. The Morgan fingerprint density at radius 1 is 1.09 bits per heavy atom. The van der Waals surface area contributed by atoms with E-state index in [0.717, 1.165) is 47.8 Å². The Bertz CT molecular complexity index is 636. The van der Waals surface area contributed by atoms with E-state index in [9.17, 15) is 14.9 Å². The zero-order valence-corrected chi connectivity index (χ0v) is 23.5. The molecule has 0 N–H and O–H groups in total. The summed E-state index contributed by atoms with van der Waals surface area (Å²) in [4.78, 5) is 24.3. The summed E-state index contributed by atoms with van der Waals surface area (Å²) < 4.78 is 12.9. The third-order valence-electron chi connectivity index (χ3n) is 4.34. The lowest BCUT2D eigenvalue weighted by Crippen LogP contribution is -2.27. The van der Waals surface area contributed by atoms with E-state index in [1.807, 2.05) is 13.8 Å². The molecule has 0 heterocycles. The molecule has 32 heavy (non-hydrogen) atoms. The van der Waals surface area contributed by atoms with Gasteiger partial charge in [0.1, 0.15) is 14.0 Å². The predicted molar refractivity (Wildman–Crippen MR) is 146 cm³/mol. The summed E-state index contributed by atoms with van der Waals surface area (Å²) in [5, 5.41) is 8.60. The van der Waals surface area contributed by atoms with E-state index in [0.29, 0.717) is 19.6 Å². The summed E-state index contributed by atoms with van der Waals surface area (Å²) in [6, 6.07) is 2.25. The zero-order chi connectivity index (χ0) is 24.4. The Balaban J connectivity index is 4.27. The predicted octanol–water partition coefficient (Wildman–Crippen LogP) is 6.57. The van der Waals surface area contributed by atoms with Crippen LogP contribution in [0.15, 0.2) is 0 Å². The first-order valence-corrected chi connectivity index (χ1v) is 14.5. The second-order valence-corrected chi connectivity index (χ2v) is 13.1. The molecule has 0 aliphatic heterocycles. The van der Waals surface area contributed by atoms with Crippen molar-refractivity contribution in [2.24, 2.45) is 5.41 Å². The van der Waals surface area contributed by atoms with Gasteiger partial charge < -0.3 is 9.47 Å². The minimum atomic E-state index is -0.628. The molecular weight excluding hydrogens is 503 g/mol. The Hall–Kier alpha value is -0.340. The fourth-order valence-corrected chi connectivity index (χ4v) is 6.20. The lowest BCUT2D eigenvalue weighted by atomic mass is 9.89. The van der Waals surface area contributed by atoms with Gasteiger partial charge in [-0.25, -0.2) is 0 Å². The van der Waals surface area contributed by atoms with Gasteiger partial charge in [-0.1, -0.05) is 49.5 Å². The lowest BCUT2D eigenvalue weighted by molar-refractivity contribution is -0.144. The molecule has 0 amide bonds. The van der Waals surface area contributed by atoms with E-state index in [1.165, 1.54) is 28.2 Å². The molecule has 0 saturated heterocycles. The van der Waals surface area contributed by atoms with Gasteiger partial charge in [-0.2, -0.15) is 5.26 Å². The second kappa shape index (κ2) is 19.0. The van der Waals surface area contributed by atoms with Gasteiger partial charge in [0.2, 0.25) is 0 Å². The van der Waals surface area contributed by atoms with Crippen molar-refractivity contribution in [2.75, 3.05) is 19.0 Å². The molecule has 2 unspecified atom stereocenters. The molecule has 0 aliphatic carbocycles. The Labute approximate surface area is 216 Å². The van der Waals surface area contributed by atoms with Crippen LogP contribution in [-0.2, 0) is 19.1 Å². The maximum absolute atomic E-state index is 12.6. The van der Waals surface area contributed by atoms with Crippen LogP contribution in [0.5, 0.6) is 0 Å². The van der Waals surface area contributed by atoms with Gasteiger partial charge >= 0.3 is 11.9 Å². The van der Waals surface area contributed by atoms with Crippen LogP contribution < -0.4 is 0 Å². The van der Waals surface area contributed by atoms with E-state index in [-0.39, 0.29) is 17.2 Å². The molecule has 0 aromatic carbocycles. The number of unbranched alkanes of at least 4 members (excludes halogenated alkanes) is 4. The first-order valence-electron chi connectivity index (χ1n) is 10.8. The fraction of sp³-hybridized carbons (Fsp3) is 0.773. The van der Waals surface area contributed by atoms with Crippen molar-refractivity contribution >= 4 is 79.9 Å². The number of hydrogen-bond acceptors (Lipinski definition) is 10. The van der Waals surface area contributed by atoms with E-state index in [1.54, 1.807) is 18.7 Å². The minimum absolute atomic E-state index is 0.250. The highest BCUT2D eigenvalue weighted by Gasteiger charge is 2.30. The molecule has 0 aromatic rings. The van der Waals surface area contributed by atoms with Crippen LogP contribution in [-0.4, -0.2) is 49.6 Å². The standard InChI is InChI=1S/C22H35NO4S5/c1-5-6-13-30-21(29)32-18(14-22(3,4)15-23)20(25)27-12-10-8-7-9-11-26-19(24)17(2)31-16-28/h16-18H,5-14H2,1-4H3. The number of carbonyl (C=O) groups is 2. The molecule has 0 aliphatic rings. The normalized spacial score (nSPS) is 13.0. The number of carbonyl (C=O) groups excluding carboxylic acids is 2. The van der Waals surface area contributed by atoms with Crippen molar-refractivity contribution in [3.63, 3.8) is 0 Å². The van der Waals surface area contributed by atoms with Crippen LogP contribution in [0.25, 0.3) is 0 Å². The molecule has 10 heteroatoms. The highest BCUT2D eigenvalue weighted by molar-refractivity contribution is 8.47. The van der Waals surface area contributed by atoms with Crippen molar-refractivity contribution in [3.05, 3.63) is 0 Å². The molecule has 0 fully saturated rings. The summed E-state index contributed by atoms with van der Waals surface area (Å²) in [6.07, 6.45) is 5.85. The van der Waals surface area contributed by atoms with Gasteiger partial charge in [-0.05, 0) is 65.0 Å². The Morgan fingerprint density at radius 3 is 2.22 bits per heavy atom. The van der Waals surface area contributed by atoms with Gasteiger partial charge in [0.05, 0.1) is 24.7 Å². The van der Waals surface area contributed by atoms with Crippen molar-refractivity contribution in [3.8, 4) is 6.07 Å². The average molecular weight is 538 g/mol. The second-order valence-electron chi connectivity index (χ2n) is 7.88. The van der Waals surface area contributed by atoms with E-state index in [4.69, 9.17) is 33.9 Å². The van der Waals surface area contributed by atoms with Crippen LogP contribution in [0.2, 0.25) is 0 Å². The molecule has 0 rings (SSSR count). The Morgan fingerprint density at radius 2 is 1.69 bits per heavy atom. The summed E-state index contributed by atoms with van der Waals surface area (Å²) in [7, 11) is 0. The van der Waals surface area contributed by atoms with Crippen LogP contribution >= 0.6 is 59.7 Å². The van der Waals surface area contributed by atoms with Crippen molar-refractivity contribution in [1.82, 2.24) is 0 Å². The van der Waals surface area contributed by atoms with Crippen LogP contribution in [0.3, 0.4) is 0 Å². The fourth-order valence-electron chi connectivity index (χ4n) is 2.38. The maximum atomic E-state index is 12.6. The number of rotatable bonds is 17. The monoisotopic (exact) mass is 537 g/mol. The van der Waals surface area contributed by atoms with Gasteiger partial charge in [0, 0.05) is 4.70 Å². The third-order valence-corrected chi connectivity index (χ3v) is 8.23. The number of thiocarbonyl (C=S) groups is 2. The molecule has 0 spiro atoms. The first-order chi connectivity index (χ1) is 15.2. The van der Waals surface area contributed by atoms with Crippen molar-refractivity contribution in [2.45, 2.75) is 83.1 Å². The van der Waals surface area contributed by atoms with E-state index >= 15 is 0 Å². The SMILES string of the molecule is CCCCSC(=S)SC(CC(C)(C)C#N)C(=O)OCCCCCCOC(=O)C(C)SC=S. The molecule has 2 atom stereocenters. The molecule has 5 nitrogen and oxygen atoms in total. The molecule has 182 valence electrons. The summed E-state index contributed by atoms with van der Waals surface area (Å²) >= 11 is 14.3. The number of esters is 2. The van der Waals surface area contributed by atoms with E-state index in [2.05, 4.69) is 13.0 Å². The van der Waals surface area contributed by atoms with Gasteiger partial charge in [0.15, 0.2) is 0 Å². The number of nitrogens with zero attached hydrogens (tertiary/aromatic N) is 1. The van der Waals surface area contributed by atoms with Gasteiger partial charge in [-0.3, -0.25) is 9.59 Å². The van der Waals surface area contributed by atoms with Gasteiger partial charge in [0.25, 0.3) is 0 Å². The summed E-state index contributed by atoms with van der Waals surface area (Å²) in [5.74, 6) is 0.376. The highest BCUT2D eigenvalue weighted by Crippen LogP contribution is 2.32. The molecular formula is C22H35NO4S5. The summed E-state index contributed by atoms with van der Waals surface area (Å²) in [5.41, 5.74) is -0.628. The number of hydrogen-bond donors (Lipinski definition) is 0. The third kappa shape index (κ3) is 16.3. The van der Waals surface area contributed by atoms with Crippen LogP contribution in [0.1, 0.15) is 72.6 Å². The topological polar surface area (TPSA) is 76.4 Å². The van der Waals surface area contributed by atoms with Crippen molar-refractivity contribution in [1.29, 1.82) is 5.26 Å².